The first kappa shape index (κ1) is 15.5. The monoisotopic (exact) mass is 350 g/mol. The molecule has 5 heteroatoms. The average Bonchev–Trinajstić information content (AvgIpc) is 2.48. The lowest BCUT2D eigenvalue weighted by Gasteiger charge is -2.18. The van der Waals surface area contributed by atoms with Crippen LogP contribution in [-0.2, 0) is 6.54 Å². The molecule has 0 atom stereocenters. The second kappa shape index (κ2) is 6.72. The van der Waals surface area contributed by atoms with E-state index in [2.05, 4.69) is 32.2 Å². The van der Waals surface area contributed by atoms with Crippen LogP contribution in [0.4, 0.5) is 11.4 Å². The van der Waals surface area contributed by atoms with Crippen LogP contribution in [0.2, 0.25) is 0 Å². The Morgan fingerprint density at radius 1 is 1.24 bits per heavy atom. The lowest BCUT2D eigenvalue weighted by atomic mass is 10.2. The Bertz CT molecular complexity index is 630. The van der Waals surface area contributed by atoms with E-state index in [0.29, 0.717) is 16.8 Å². The summed E-state index contributed by atoms with van der Waals surface area (Å²) in [5, 5.41) is 13.2. The zero-order valence-corrected chi connectivity index (χ0v) is 13.9. The molecular weight excluding hydrogens is 332 g/mol. The molecule has 0 heterocycles. The minimum Gasteiger partial charge on any atom is -0.503 e. The lowest BCUT2D eigenvalue weighted by molar-refractivity contribution is 0.371. The normalized spacial score (nSPS) is 10.3. The lowest BCUT2D eigenvalue weighted by Crippen LogP contribution is -2.12. The number of methoxy groups -OCH3 is 1. The number of anilines is 2. The molecular formula is C16H19BrN2O2. The van der Waals surface area contributed by atoms with Crippen LogP contribution in [0.25, 0.3) is 0 Å². The van der Waals surface area contributed by atoms with E-state index in [0.717, 1.165) is 16.9 Å². The van der Waals surface area contributed by atoms with Crippen LogP contribution in [0.5, 0.6) is 11.5 Å². The van der Waals surface area contributed by atoms with E-state index in [9.17, 15) is 5.11 Å². The molecule has 0 unspecified atom stereocenters. The van der Waals surface area contributed by atoms with E-state index in [1.807, 2.05) is 44.4 Å². The third-order valence-corrected chi connectivity index (χ3v) is 3.78. The molecule has 4 nitrogen and oxygen atoms in total. The topological polar surface area (TPSA) is 44.7 Å². The quantitative estimate of drug-likeness (QED) is 0.859. The molecule has 0 aliphatic heterocycles. The van der Waals surface area contributed by atoms with Crippen molar-refractivity contribution in [2.75, 3.05) is 31.4 Å². The average molecular weight is 351 g/mol. The summed E-state index contributed by atoms with van der Waals surface area (Å²) < 4.78 is 5.79. The summed E-state index contributed by atoms with van der Waals surface area (Å²) in [5.74, 6) is 0.581. The van der Waals surface area contributed by atoms with Crippen LogP contribution in [0.1, 0.15) is 5.56 Å². The number of phenolic OH excluding ortho intramolecular Hbond substituents is 1. The maximum Gasteiger partial charge on any atom is 0.172 e. The van der Waals surface area contributed by atoms with Gasteiger partial charge < -0.3 is 20.1 Å². The molecule has 21 heavy (non-hydrogen) atoms. The highest BCUT2D eigenvalue weighted by atomic mass is 79.9. The third kappa shape index (κ3) is 3.61. The SMILES string of the molecule is COc1cc(CNc2ccccc2N(C)C)cc(Br)c1O. The van der Waals surface area contributed by atoms with Crippen molar-refractivity contribution >= 4 is 27.3 Å². The van der Waals surface area contributed by atoms with Crippen LogP contribution < -0.4 is 15.0 Å². The first-order chi connectivity index (χ1) is 10.0. The number of benzene rings is 2. The largest absolute Gasteiger partial charge is 0.503 e. The van der Waals surface area contributed by atoms with Crippen molar-refractivity contribution in [2.45, 2.75) is 6.54 Å². The van der Waals surface area contributed by atoms with E-state index in [1.54, 1.807) is 7.11 Å². The highest BCUT2D eigenvalue weighted by Gasteiger charge is 2.09. The van der Waals surface area contributed by atoms with Crippen LogP contribution in [-0.4, -0.2) is 26.3 Å². The number of nitrogens with zero attached hydrogens (tertiary/aromatic N) is 1. The Labute approximate surface area is 133 Å². The Hall–Kier alpha value is -1.88. The van der Waals surface area contributed by atoms with Crippen molar-refractivity contribution in [3.8, 4) is 11.5 Å². The fourth-order valence-electron chi connectivity index (χ4n) is 2.10. The van der Waals surface area contributed by atoms with E-state index in [-0.39, 0.29) is 5.75 Å². The van der Waals surface area contributed by atoms with Crippen LogP contribution in [0.3, 0.4) is 0 Å². The van der Waals surface area contributed by atoms with E-state index in [1.165, 1.54) is 0 Å². The molecule has 0 amide bonds. The van der Waals surface area contributed by atoms with Gasteiger partial charge in [-0.1, -0.05) is 12.1 Å². The second-order valence-electron chi connectivity index (χ2n) is 4.89. The van der Waals surface area contributed by atoms with Crippen molar-refractivity contribution < 1.29 is 9.84 Å². The molecule has 0 saturated heterocycles. The van der Waals surface area contributed by atoms with Crippen molar-refractivity contribution in [3.05, 3.63) is 46.4 Å². The zero-order valence-electron chi connectivity index (χ0n) is 12.4. The van der Waals surface area contributed by atoms with Crippen molar-refractivity contribution in [1.29, 1.82) is 0 Å². The van der Waals surface area contributed by atoms with Gasteiger partial charge in [0, 0.05) is 20.6 Å². The number of ether oxygens (including phenoxy) is 1. The molecule has 2 N–H and O–H groups in total. The van der Waals surface area contributed by atoms with Gasteiger partial charge in [-0.25, -0.2) is 0 Å². The van der Waals surface area contributed by atoms with Crippen LogP contribution in [0, 0.1) is 0 Å². The van der Waals surface area contributed by atoms with Crippen LogP contribution in [0.15, 0.2) is 40.9 Å². The van der Waals surface area contributed by atoms with Gasteiger partial charge in [0.2, 0.25) is 0 Å². The van der Waals surface area contributed by atoms with Gasteiger partial charge in [0.15, 0.2) is 11.5 Å². The summed E-state index contributed by atoms with van der Waals surface area (Å²) in [6, 6.07) is 11.8. The summed E-state index contributed by atoms with van der Waals surface area (Å²) in [6.07, 6.45) is 0. The smallest absolute Gasteiger partial charge is 0.172 e. The van der Waals surface area contributed by atoms with Crippen LogP contribution >= 0.6 is 15.9 Å². The molecule has 2 aromatic rings. The Balaban J connectivity index is 2.19. The summed E-state index contributed by atoms with van der Waals surface area (Å²) in [4.78, 5) is 2.07. The minimum absolute atomic E-state index is 0.120. The number of phenols is 1. The molecule has 0 saturated carbocycles. The van der Waals surface area contributed by atoms with Crippen molar-refractivity contribution in [1.82, 2.24) is 0 Å². The zero-order chi connectivity index (χ0) is 15.4. The number of hydrogen-bond donors (Lipinski definition) is 2. The number of nitrogens with one attached hydrogen (secondary N) is 1. The second-order valence-corrected chi connectivity index (χ2v) is 5.75. The van der Waals surface area contributed by atoms with Gasteiger partial charge in [-0.05, 0) is 45.8 Å². The number of rotatable bonds is 5. The van der Waals surface area contributed by atoms with Crippen molar-refractivity contribution in [3.63, 3.8) is 0 Å². The third-order valence-electron chi connectivity index (χ3n) is 3.18. The predicted molar refractivity (Wildman–Crippen MR) is 90.5 cm³/mol. The van der Waals surface area contributed by atoms with E-state index in [4.69, 9.17) is 4.74 Å². The maximum atomic E-state index is 9.83. The summed E-state index contributed by atoms with van der Waals surface area (Å²) >= 11 is 3.34. The Kier molecular flexibility index (Phi) is 4.96. The molecule has 2 rings (SSSR count). The van der Waals surface area contributed by atoms with Gasteiger partial charge in [-0.2, -0.15) is 0 Å². The predicted octanol–water partition coefficient (Wildman–Crippen LogP) is 3.84. The maximum absolute atomic E-state index is 9.83. The molecule has 2 aromatic carbocycles. The summed E-state index contributed by atoms with van der Waals surface area (Å²) in [7, 11) is 5.57. The van der Waals surface area contributed by atoms with E-state index < -0.39 is 0 Å². The molecule has 0 aliphatic rings. The number of halogens is 1. The fraction of sp³-hybridized carbons (Fsp3) is 0.250. The van der Waals surface area contributed by atoms with Gasteiger partial charge in [0.1, 0.15) is 0 Å². The van der Waals surface area contributed by atoms with E-state index >= 15 is 0 Å². The number of para-hydroxylation sites is 2. The van der Waals surface area contributed by atoms with Gasteiger partial charge in [-0.3, -0.25) is 0 Å². The molecule has 112 valence electrons. The van der Waals surface area contributed by atoms with Gasteiger partial charge in [0.25, 0.3) is 0 Å². The Morgan fingerprint density at radius 2 is 1.95 bits per heavy atom. The number of hydrogen-bond acceptors (Lipinski definition) is 4. The first-order valence-electron chi connectivity index (χ1n) is 6.58. The first-order valence-corrected chi connectivity index (χ1v) is 7.38. The van der Waals surface area contributed by atoms with Gasteiger partial charge >= 0.3 is 0 Å². The molecule has 0 fully saturated rings. The fourth-order valence-corrected chi connectivity index (χ4v) is 2.58. The summed E-state index contributed by atoms with van der Waals surface area (Å²) in [6.45, 7) is 0.639. The molecule has 0 radical (unpaired) electrons. The van der Waals surface area contributed by atoms with Gasteiger partial charge in [0.05, 0.1) is 23.0 Å². The highest BCUT2D eigenvalue weighted by Crippen LogP contribution is 2.35. The van der Waals surface area contributed by atoms with Crippen molar-refractivity contribution in [2.24, 2.45) is 0 Å². The molecule has 0 bridgehead atoms. The minimum atomic E-state index is 0.120. The molecule has 0 aliphatic carbocycles. The summed E-state index contributed by atoms with van der Waals surface area (Å²) in [5.41, 5.74) is 3.21. The highest BCUT2D eigenvalue weighted by molar-refractivity contribution is 9.10. The van der Waals surface area contributed by atoms with Gasteiger partial charge in [-0.15, -0.1) is 0 Å². The number of aromatic hydroxyl groups is 1. The Morgan fingerprint density at radius 3 is 2.62 bits per heavy atom. The molecule has 0 spiro atoms. The molecule has 0 aromatic heterocycles. The standard InChI is InChI=1S/C16H19BrN2O2/c1-19(2)14-7-5-4-6-13(14)18-10-11-8-12(17)16(20)15(9-11)21-3/h4-9,18,20H,10H2,1-3H3.